The highest BCUT2D eigenvalue weighted by atomic mass is 32.1. The third-order valence-corrected chi connectivity index (χ3v) is 4.93. The minimum absolute atomic E-state index is 0.0560. The van der Waals surface area contributed by atoms with Gasteiger partial charge in [-0.1, -0.05) is 41.7 Å². The Kier molecular flexibility index (Phi) is 3.53. The molecule has 19 heavy (non-hydrogen) atoms. The number of hydrogen-bond acceptors (Lipinski definition) is 4. The number of aliphatic hydroxyl groups is 1. The summed E-state index contributed by atoms with van der Waals surface area (Å²) in [6.07, 6.45) is 3.83. The van der Waals surface area contributed by atoms with Crippen LogP contribution in [-0.4, -0.2) is 23.2 Å². The SMILES string of the molecule is CN(c1nc(-c2ccccc2)c(CO)s1)C1CCC1. The molecule has 1 aromatic carbocycles. The van der Waals surface area contributed by atoms with Gasteiger partial charge in [-0.3, -0.25) is 0 Å². The Bertz CT molecular complexity index is 549. The predicted octanol–water partition coefficient (Wildman–Crippen LogP) is 3.29. The molecule has 0 radical (unpaired) electrons. The lowest BCUT2D eigenvalue weighted by Gasteiger charge is -2.34. The van der Waals surface area contributed by atoms with Crippen molar-refractivity contribution < 1.29 is 5.11 Å². The van der Waals surface area contributed by atoms with E-state index >= 15 is 0 Å². The Balaban J connectivity index is 1.94. The molecule has 1 heterocycles. The highest BCUT2D eigenvalue weighted by molar-refractivity contribution is 7.16. The third-order valence-electron chi connectivity index (χ3n) is 3.80. The number of benzene rings is 1. The zero-order valence-corrected chi connectivity index (χ0v) is 11.9. The van der Waals surface area contributed by atoms with Crippen molar-refractivity contribution in [3.8, 4) is 11.3 Å². The topological polar surface area (TPSA) is 36.4 Å². The molecule has 1 saturated carbocycles. The van der Waals surface area contributed by atoms with Crippen LogP contribution in [0.25, 0.3) is 11.3 Å². The van der Waals surface area contributed by atoms with Crippen molar-refractivity contribution >= 4 is 16.5 Å². The largest absolute Gasteiger partial charge is 0.391 e. The Morgan fingerprint density at radius 2 is 2.05 bits per heavy atom. The minimum atomic E-state index is 0.0560. The second-order valence-corrected chi connectivity index (χ2v) is 6.05. The number of aliphatic hydroxyl groups excluding tert-OH is 1. The molecular weight excluding hydrogens is 256 g/mol. The molecule has 0 amide bonds. The van der Waals surface area contributed by atoms with E-state index in [2.05, 4.69) is 11.9 Å². The lowest BCUT2D eigenvalue weighted by molar-refractivity contribution is 0.286. The molecule has 0 spiro atoms. The van der Waals surface area contributed by atoms with Gasteiger partial charge < -0.3 is 10.0 Å². The van der Waals surface area contributed by atoms with E-state index in [1.54, 1.807) is 11.3 Å². The normalized spacial score (nSPS) is 15.3. The zero-order chi connectivity index (χ0) is 13.2. The van der Waals surface area contributed by atoms with Gasteiger partial charge in [0.05, 0.1) is 17.2 Å². The molecule has 100 valence electrons. The predicted molar refractivity (Wildman–Crippen MR) is 79.5 cm³/mol. The standard InChI is InChI=1S/C15H18N2OS/c1-17(12-8-5-9-12)15-16-14(13(10-18)19-15)11-6-3-2-4-7-11/h2-4,6-7,12,18H,5,8-10H2,1H3. The number of hydrogen-bond donors (Lipinski definition) is 1. The first kappa shape index (κ1) is 12.6. The Labute approximate surface area is 117 Å². The van der Waals surface area contributed by atoms with Crippen molar-refractivity contribution in [2.45, 2.75) is 31.9 Å². The van der Waals surface area contributed by atoms with Crippen LogP contribution in [0.15, 0.2) is 30.3 Å². The van der Waals surface area contributed by atoms with Crippen molar-refractivity contribution in [1.82, 2.24) is 4.98 Å². The monoisotopic (exact) mass is 274 g/mol. The lowest BCUT2D eigenvalue weighted by Crippen LogP contribution is -2.36. The van der Waals surface area contributed by atoms with Gasteiger partial charge >= 0.3 is 0 Å². The summed E-state index contributed by atoms with van der Waals surface area (Å²) >= 11 is 1.60. The summed E-state index contributed by atoms with van der Waals surface area (Å²) in [5, 5.41) is 10.6. The Morgan fingerprint density at radius 3 is 2.63 bits per heavy atom. The van der Waals surface area contributed by atoms with Gasteiger partial charge in [-0.25, -0.2) is 4.98 Å². The van der Waals surface area contributed by atoms with E-state index in [1.165, 1.54) is 19.3 Å². The number of thiazole rings is 1. The third kappa shape index (κ3) is 2.38. The molecule has 1 aliphatic carbocycles. The van der Waals surface area contributed by atoms with Crippen LogP contribution in [0, 0.1) is 0 Å². The van der Waals surface area contributed by atoms with Gasteiger partial charge in [0.25, 0.3) is 0 Å². The Morgan fingerprint density at radius 1 is 1.32 bits per heavy atom. The van der Waals surface area contributed by atoms with E-state index < -0.39 is 0 Å². The average molecular weight is 274 g/mol. The smallest absolute Gasteiger partial charge is 0.186 e. The summed E-state index contributed by atoms with van der Waals surface area (Å²) in [6.45, 7) is 0.0560. The first-order valence-corrected chi connectivity index (χ1v) is 7.50. The first-order chi connectivity index (χ1) is 9.29. The summed E-state index contributed by atoms with van der Waals surface area (Å²) in [7, 11) is 2.11. The van der Waals surface area contributed by atoms with E-state index in [1.807, 2.05) is 30.3 Å². The van der Waals surface area contributed by atoms with Crippen molar-refractivity contribution in [2.24, 2.45) is 0 Å². The van der Waals surface area contributed by atoms with Crippen molar-refractivity contribution in [2.75, 3.05) is 11.9 Å². The summed E-state index contributed by atoms with van der Waals surface area (Å²) < 4.78 is 0. The van der Waals surface area contributed by atoms with Crippen LogP contribution in [0.5, 0.6) is 0 Å². The molecular formula is C15H18N2OS. The molecule has 4 heteroatoms. The second kappa shape index (κ2) is 5.31. The first-order valence-electron chi connectivity index (χ1n) is 6.68. The molecule has 0 unspecified atom stereocenters. The molecule has 3 rings (SSSR count). The van der Waals surface area contributed by atoms with Crippen LogP contribution in [0.3, 0.4) is 0 Å². The van der Waals surface area contributed by atoms with Crippen LogP contribution in [-0.2, 0) is 6.61 Å². The van der Waals surface area contributed by atoms with Crippen molar-refractivity contribution in [1.29, 1.82) is 0 Å². The van der Waals surface area contributed by atoms with E-state index in [0.29, 0.717) is 6.04 Å². The summed E-state index contributed by atoms with van der Waals surface area (Å²) in [5.41, 5.74) is 2.00. The fourth-order valence-electron chi connectivity index (χ4n) is 2.35. The quantitative estimate of drug-likeness (QED) is 0.929. The summed E-state index contributed by atoms with van der Waals surface area (Å²) in [4.78, 5) is 7.95. The van der Waals surface area contributed by atoms with Gasteiger partial charge in [0.15, 0.2) is 5.13 Å². The number of aromatic nitrogens is 1. The number of anilines is 1. The molecule has 2 aromatic rings. The minimum Gasteiger partial charge on any atom is -0.391 e. The van der Waals surface area contributed by atoms with Crippen LogP contribution in [0.2, 0.25) is 0 Å². The van der Waals surface area contributed by atoms with Gasteiger partial charge in [0.1, 0.15) is 0 Å². The maximum absolute atomic E-state index is 9.54. The molecule has 0 atom stereocenters. The highest BCUT2D eigenvalue weighted by Gasteiger charge is 2.25. The van der Waals surface area contributed by atoms with E-state index in [9.17, 15) is 5.11 Å². The van der Waals surface area contributed by atoms with Crippen LogP contribution in [0.1, 0.15) is 24.1 Å². The highest BCUT2D eigenvalue weighted by Crippen LogP contribution is 2.36. The van der Waals surface area contributed by atoms with Crippen molar-refractivity contribution in [3.63, 3.8) is 0 Å². The molecule has 0 bridgehead atoms. The average Bonchev–Trinajstić information content (AvgIpc) is 2.82. The van der Waals surface area contributed by atoms with Gasteiger partial charge in [-0.2, -0.15) is 0 Å². The summed E-state index contributed by atoms with van der Waals surface area (Å²) in [6, 6.07) is 10.7. The Hall–Kier alpha value is -1.39. The number of nitrogens with zero attached hydrogens (tertiary/aromatic N) is 2. The van der Waals surface area contributed by atoms with E-state index in [4.69, 9.17) is 4.98 Å². The summed E-state index contributed by atoms with van der Waals surface area (Å²) in [5.74, 6) is 0. The maximum Gasteiger partial charge on any atom is 0.186 e. The number of rotatable bonds is 4. The van der Waals surface area contributed by atoms with Gasteiger partial charge in [-0.05, 0) is 19.3 Å². The van der Waals surface area contributed by atoms with Gasteiger partial charge in [-0.15, -0.1) is 0 Å². The maximum atomic E-state index is 9.54. The molecule has 0 saturated heterocycles. The fourth-order valence-corrected chi connectivity index (χ4v) is 3.32. The molecule has 1 fully saturated rings. The van der Waals surface area contributed by atoms with E-state index in [0.717, 1.165) is 21.3 Å². The van der Waals surface area contributed by atoms with Gasteiger partial charge in [0.2, 0.25) is 0 Å². The molecule has 0 aliphatic heterocycles. The second-order valence-electron chi connectivity index (χ2n) is 4.99. The fraction of sp³-hybridized carbons (Fsp3) is 0.400. The van der Waals surface area contributed by atoms with Crippen LogP contribution >= 0.6 is 11.3 Å². The van der Waals surface area contributed by atoms with Crippen LogP contribution in [0.4, 0.5) is 5.13 Å². The molecule has 1 aliphatic rings. The van der Waals surface area contributed by atoms with Crippen LogP contribution < -0.4 is 4.90 Å². The van der Waals surface area contributed by atoms with Gasteiger partial charge in [0, 0.05) is 18.7 Å². The van der Waals surface area contributed by atoms with E-state index in [-0.39, 0.29) is 6.61 Å². The molecule has 1 aromatic heterocycles. The lowest BCUT2D eigenvalue weighted by atomic mass is 9.92. The van der Waals surface area contributed by atoms with Crippen molar-refractivity contribution in [3.05, 3.63) is 35.2 Å². The molecule has 1 N–H and O–H groups in total. The molecule has 3 nitrogen and oxygen atoms in total. The zero-order valence-electron chi connectivity index (χ0n) is 11.0.